The van der Waals surface area contributed by atoms with Gasteiger partial charge in [0.2, 0.25) is 5.56 Å². The molecule has 0 bridgehead atoms. The molecule has 5 aromatic rings. The molecule has 36 heavy (non-hydrogen) atoms. The van der Waals surface area contributed by atoms with Crippen LogP contribution in [0.1, 0.15) is 38.6 Å². The number of fused-ring (bicyclic) bond motifs is 1. The number of halogens is 4. The van der Waals surface area contributed by atoms with Crippen molar-refractivity contribution in [2.45, 2.75) is 12.1 Å². The molecule has 7 heteroatoms. The van der Waals surface area contributed by atoms with Crippen molar-refractivity contribution in [3.63, 3.8) is 0 Å². The first-order chi connectivity index (χ1) is 17.3. The summed E-state index contributed by atoms with van der Waals surface area (Å²) in [4.78, 5) is 16.3. The first-order valence-electron chi connectivity index (χ1n) is 11.1. The van der Waals surface area contributed by atoms with E-state index in [-0.39, 0.29) is 11.5 Å². The van der Waals surface area contributed by atoms with Gasteiger partial charge in [0.25, 0.3) is 0 Å². The molecule has 0 radical (unpaired) electrons. The lowest BCUT2D eigenvalue weighted by atomic mass is 9.88. The molecule has 1 atom stereocenters. The summed E-state index contributed by atoms with van der Waals surface area (Å²) in [6.45, 7) is 0. The molecule has 2 nitrogen and oxygen atoms in total. The fourth-order valence-corrected chi connectivity index (χ4v) is 5.26. The van der Waals surface area contributed by atoms with Gasteiger partial charge >= 0.3 is 6.18 Å². The van der Waals surface area contributed by atoms with E-state index in [0.29, 0.717) is 21.7 Å². The van der Waals surface area contributed by atoms with E-state index in [4.69, 9.17) is 11.6 Å². The molecule has 2 aromatic heterocycles. The molecule has 0 amide bonds. The summed E-state index contributed by atoms with van der Waals surface area (Å²) in [5.41, 5.74) is 2.76. The third-order valence-corrected chi connectivity index (χ3v) is 7.12. The van der Waals surface area contributed by atoms with E-state index in [1.54, 1.807) is 29.6 Å². The Morgan fingerprint density at radius 3 is 2.36 bits per heavy atom. The van der Waals surface area contributed by atoms with Gasteiger partial charge in [0, 0.05) is 32.8 Å². The Hall–Kier alpha value is -3.61. The summed E-state index contributed by atoms with van der Waals surface area (Å²) < 4.78 is 39.3. The highest BCUT2D eigenvalue weighted by Crippen LogP contribution is 2.37. The van der Waals surface area contributed by atoms with Crippen LogP contribution in [0.15, 0.2) is 95.1 Å². The maximum absolute atomic E-state index is 13.1. The van der Waals surface area contributed by atoms with Gasteiger partial charge < -0.3 is 4.98 Å². The van der Waals surface area contributed by atoms with E-state index in [0.717, 1.165) is 33.5 Å². The third-order valence-electron chi connectivity index (χ3n) is 5.93. The van der Waals surface area contributed by atoms with Crippen molar-refractivity contribution in [3.8, 4) is 0 Å². The second-order valence-corrected chi connectivity index (χ2v) is 9.77. The number of thiophene rings is 1. The number of aromatic nitrogens is 1. The Morgan fingerprint density at radius 2 is 1.64 bits per heavy atom. The number of alkyl halides is 3. The normalized spacial score (nSPS) is 12.9. The predicted octanol–water partition coefficient (Wildman–Crippen LogP) is 8.61. The Balaban J connectivity index is 1.61. The van der Waals surface area contributed by atoms with Gasteiger partial charge in [0.05, 0.1) is 5.56 Å². The number of rotatable bonds is 5. The van der Waals surface area contributed by atoms with Crippen molar-refractivity contribution in [1.82, 2.24) is 4.98 Å². The first kappa shape index (κ1) is 24.1. The van der Waals surface area contributed by atoms with Gasteiger partial charge in [-0.15, -0.1) is 11.3 Å². The van der Waals surface area contributed by atoms with E-state index in [9.17, 15) is 18.0 Å². The zero-order valence-electron chi connectivity index (χ0n) is 18.7. The molecule has 1 unspecified atom stereocenters. The highest BCUT2D eigenvalue weighted by molar-refractivity contribution is 7.10. The predicted molar refractivity (Wildman–Crippen MR) is 142 cm³/mol. The molecular weight excluding hydrogens is 503 g/mol. The molecular formula is C29H19ClF3NOS. The van der Waals surface area contributed by atoms with Crippen LogP contribution in [0.5, 0.6) is 0 Å². The summed E-state index contributed by atoms with van der Waals surface area (Å²) in [7, 11) is 0. The summed E-state index contributed by atoms with van der Waals surface area (Å²) in [6.07, 6.45) is -1.15. The smallest absolute Gasteiger partial charge is 0.322 e. The number of nitrogens with one attached hydrogen (secondary N) is 1. The highest BCUT2D eigenvalue weighted by atomic mass is 35.5. The molecule has 1 N–H and O–H groups in total. The van der Waals surface area contributed by atoms with E-state index < -0.39 is 11.7 Å². The minimum atomic E-state index is -4.42. The van der Waals surface area contributed by atoms with Crippen LogP contribution in [0.2, 0.25) is 5.02 Å². The topological polar surface area (TPSA) is 32.9 Å². The van der Waals surface area contributed by atoms with Gasteiger partial charge in [-0.05, 0) is 70.1 Å². The zero-order chi connectivity index (χ0) is 25.3. The summed E-state index contributed by atoms with van der Waals surface area (Å²) in [5.74, 6) is -0.0427. The maximum Gasteiger partial charge on any atom is 0.416 e. The van der Waals surface area contributed by atoms with E-state index in [2.05, 4.69) is 11.1 Å². The van der Waals surface area contributed by atoms with E-state index in [1.165, 1.54) is 12.1 Å². The average Bonchev–Trinajstić information content (AvgIpc) is 3.38. The molecule has 0 aliphatic carbocycles. The fraction of sp³-hybridized carbons (Fsp3) is 0.0690. The summed E-state index contributed by atoms with van der Waals surface area (Å²) >= 11 is 7.77. The lowest BCUT2D eigenvalue weighted by molar-refractivity contribution is -0.137. The van der Waals surface area contributed by atoms with Crippen LogP contribution < -0.4 is 5.56 Å². The summed E-state index contributed by atoms with van der Waals surface area (Å²) in [6, 6.07) is 24.2. The molecule has 5 rings (SSSR count). The second kappa shape index (κ2) is 9.80. The Bertz CT molecular complexity index is 1600. The fourth-order valence-electron chi connectivity index (χ4n) is 4.25. The van der Waals surface area contributed by atoms with Crippen molar-refractivity contribution in [3.05, 3.63) is 138 Å². The van der Waals surface area contributed by atoms with Crippen molar-refractivity contribution >= 4 is 46.0 Å². The number of benzene rings is 3. The largest absolute Gasteiger partial charge is 0.416 e. The molecule has 2 heterocycles. The number of hydrogen-bond donors (Lipinski definition) is 1. The van der Waals surface area contributed by atoms with Crippen LogP contribution in [0.25, 0.3) is 23.1 Å². The summed E-state index contributed by atoms with van der Waals surface area (Å²) in [5, 5.41) is 3.48. The van der Waals surface area contributed by atoms with Crippen LogP contribution >= 0.6 is 22.9 Å². The van der Waals surface area contributed by atoms with Crippen molar-refractivity contribution < 1.29 is 13.2 Å². The molecule has 0 spiro atoms. The second-order valence-electron chi connectivity index (χ2n) is 8.35. The zero-order valence-corrected chi connectivity index (χ0v) is 20.3. The van der Waals surface area contributed by atoms with E-state index in [1.807, 2.05) is 53.9 Å². The molecule has 180 valence electrons. The van der Waals surface area contributed by atoms with Crippen LogP contribution in [0.3, 0.4) is 0 Å². The standard InChI is InChI=1S/C29H19ClF3NOS/c30-23-11-8-19(9-12-23)28(26-5-2-14-36-26)21-10-13-25-24(16-21)20(17-27(35)34-25)7-6-18-3-1-4-22(15-18)29(31,32)33/h1-17,28H,(H,34,35). The average molecular weight is 522 g/mol. The quantitative estimate of drug-likeness (QED) is 0.247. The van der Waals surface area contributed by atoms with Gasteiger partial charge in [-0.3, -0.25) is 4.79 Å². The van der Waals surface area contributed by atoms with Gasteiger partial charge in [0.15, 0.2) is 0 Å². The lowest BCUT2D eigenvalue weighted by Crippen LogP contribution is -2.06. The Kier molecular flexibility index (Phi) is 6.56. The highest BCUT2D eigenvalue weighted by Gasteiger charge is 2.30. The number of H-pyrrole nitrogens is 1. The number of hydrogen-bond acceptors (Lipinski definition) is 2. The van der Waals surface area contributed by atoms with Crippen molar-refractivity contribution in [1.29, 1.82) is 0 Å². The molecule has 0 aliphatic heterocycles. The van der Waals surface area contributed by atoms with E-state index >= 15 is 0 Å². The minimum Gasteiger partial charge on any atom is -0.322 e. The molecule has 0 saturated carbocycles. The van der Waals surface area contributed by atoms with Gasteiger partial charge in [-0.2, -0.15) is 13.2 Å². The SMILES string of the molecule is O=c1cc(C=Cc2cccc(C(F)(F)F)c2)c2cc(C(c3ccc(Cl)cc3)c3cccs3)ccc2[nH]1. The van der Waals surface area contributed by atoms with Crippen LogP contribution in [-0.4, -0.2) is 4.98 Å². The molecule has 0 saturated heterocycles. The third kappa shape index (κ3) is 5.15. The van der Waals surface area contributed by atoms with Gasteiger partial charge in [-0.1, -0.05) is 60.2 Å². The van der Waals surface area contributed by atoms with Crippen LogP contribution in [0.4, 0.5) is 13.2 Å². The Morgan fingerprint density at radius 1 is 0.861 bits per heavy atom. The van der Waals surface area contributed by atoms with Gasteiger partial charge in [0.1, 0.15) is 0 Å². The van der Waals surface area contributed by atoms with Crippen LogP contribution in [-0.2, 0) is 6.18 Å². The molecule has 0 aliphatic rings. The van der Waals surface area contributed by atoms with Crippen molar-refractivity contribution in [2.75, 3.05) is 0 Å². The lowest BCUT2D eigenvalue weighted by Gasteiger charge is -2.18. The van der Waals surface area contributed by atoms with Crippen LogP contribution in [0, 0.1) is 0 Å². The molecule has 0 fully saturated rings. The minimum absolute atomic E-state index is 0.0427. The van der Waals surface area contributed by atoms with Gasteiger partial charge in [-0.25, -0.2) is 0 Å². The van der Waals surface area contributed by atoms with Crippen molar-refractivity contribution in [2.24, 2.45) is 0 Å². The number of aromatic amines is 1. The Labute approximate surface area is 214 Å². The maximum atomic E-state index is 13.1. The number of pyridine rings is 1. The monoisotopic (exact) mass is 521 g/mol. The molecule has 3 aromatic carbocycles. The first-order valence-corrected chi connectivity index (χ1v) is 12.3.